The van der Waals surface area contributed by atoms with Gasteiger partial charge in [-0.2, -0.15) is 32.1 Å². The minimum atomic E-state index is -5.08. The van der Waals surface area contributed by atoms with Crippen molar-refractivity contribution in [3.63, 3.8) is 0 Å². The molecule has 0 bridgehead atoms. The van der Waals surface area contributed by atoms with Gasteiger partial charge in [0.15, 0.2) is 11.6 Å². The van der Waals surface area contributed by atoms with E-state index >= 15 is 0 Å². The van der Waals surface area contributed by atoms with E-state index in [1.807, 2.05) is 6.92 Å². The third-order valence-electron chi connectivity index (χ3n) is 4.19. The molecule has 10 nitrogen and oxygen atoms in total. The molecule has 0 radical (unpaired) electrons. The van der Waals surface area contributed by atoms with Crippen LogP contribution in [0.25, 0.3) is 16.9 Å². The molecule has 0 aliphatic carbocycles. The number of hydrogen-bond acceptors (Lipinski definition) is 6. The second-order valence-electron chi connectivity index (χ2n) is 6.44. The summed E-state index contributed by atoms with van der Waals surface area (Å²) in [4.78, 5) is 24.9. The van der Waals surface area contributed by atoms with E-state index in [4.69, 9.17) is 15.6 Å². The second kappa shape index (κ2) is 10.8. The zero-order valence-electron chi connectivity index (χ0n) is 17.3. The Morgan fingerprint density at radius 3 is 2.35 bits per heavy atom. The van der Waals surface area contributed by atoms with Gasteiger partial charge < -0.3 is 10.8 Å². The van der Waals surface area contributed by atoms with Gasteiger partial charge >= 0.3 is 17.8 Å². The average Bonchev–Trinajstić information content (AvgIpc) is 3.38. The van der Waals surface area contributed by atoms with Crippen molar-refractivity contribution in [1.82, 2.24) is 29.5 Å². The number of pyridine rings is 1. The number of carbonyl (C=O) groups is 1. The molecule has 4 N–H and O–H groups in total. The maximum Gasteiger partial charge on any atom is 0.490 e. The van der Waals surface area contributed by atoms with Crippen LogP contribution in [-0.2, 0) is 17.8 Å². The number of carboxylic acid groups (broad SMARTS) is 1. The number of alkyl halides is 3. The van der Waals surface area contributed by atoms with E-state index in [1.54, 1.807) is 17.1 Å². The number of nitrogens with one attached hydrogen (secondary N) is 1. The van der Waals surface area contributed by atoms with Crippen molar-refractivity contribution < 1.29 is 36.2 Å². The topological polar surface area (TPSA) is 145 Å². The number of halogens is 6. The molecule has 0 saturated carbocycles. The molecule has 34 heavy (non-hydrogen) atoms. The first kappa shape index (κ1) is 26.3. The van der Waals surface area contributed by atoms with Gasteiger partial charge in [0.25, 0.3) is 6.08 Å². The van der Waals surface area contributed by atoms with Crippen molar-refractivity contribution >= 4 is 5.97 Å². The molecule has 0 amide bonds. The fourth-order valence-corrected chi connectivity index (χ4v) is 2.51. The summed E-state index contributed by atoms with van der Waals surface area (Å²) >= 11 is 0. The standard InChI is InChI=1S/C16H16F3N7O.C2HF3O2/c1-2-25-8-11(7-22-25)10-3-12(17)15(21-6-10)26-13(23-24-16(26)27)4-9(5-20)14(18)19;3-2(4,5)1(6)7/h3,6-8H,2,4-5,20H2,1H3,(H,24,27);(H,6,7). The van der Waals surface area contributed by atoms with Crippen LogP contribution in [0.3, 0.4) is 0 Å². The number of hydrogen-bond donors (Lipinski definition) is 3. The fraction of sp³-hybridized carbons (Fsp3) is 0.278. The maximum atomic E-state index is 14.6. The van der Waals surface area contributed by atoms with Crippen LogP contribution in [0.1, 0.15) is 12.7 Å². The van der Waals surface area contributed by atoms with Crippen LogP contribution >= 0.6 is 0 Å². The number of aromatic amines is 1. The highest BCUT2D eigenvalue weighted by molar-refractivity contribution is 5.73. The summed E-state index contributed by atoms with van der Waals surface area (Å²) in [5, 5.41) is 17.0. The molecule has 0 saturated heterocycles. The van der Waals surface area contributed by atoms with Crippen LogP contribution in [0.15, 0.2) is 41.1 Å². The molecule has 0 aliphatic rings. The molecule has 0 unspecified atom stereocenters. The van der Waals surface area contributed by atoms with Crippen molar-refractivity contribution in [3.05, 3.63) is 58.4 Å². The van der Waals surface area contributed by atoms with Gasteiger partial charge in [0.1, 0.15) is 5.82 Å². The van der Waals surface area contributed by atoms with Gasteiger partial charge in [0, 0.05) is 48.6 Å². The summed E-state index contributed by atoms with van der Waals surface area (Å²) in [6.07, 6.45) is -2.79. The van der Waals surface area contributed by atoms with Gasteiger partial charge in [0.2, 0.25) is 0 Å². The van der Waals surface area contributed by atoms with Crippen molar-refractivity contribution in [2.24, 2.45) is 5.73 Å². The summed E-state index contributed by atoms with van der Waals surface area (Å²) < 4.78 is 74.6. The largest absolute Gasteiger partial charge is 0.490 e. The molecule has 0 aliphatic heterocycles. The SMILES string of the molecule is CCn1cc(-c2cnc(-n3c(CC(CN)=C(F)F)n[nH]c3=O)c(F)c2)cn1.O=C(O)C(F)(F)F. The zero-order chi connectivity index (χ0) is 25.6. The summed E-state index contributed by atoms with van der Waals surface area (Å²) in [6.45, 7) is 2.15. The van der Waals surface area contributed by atoms with Gasteiger partial charge in [-0.1, -0.05) is 0 Å². The van der Waals surface area contributed by atoms with Gasteiger partial charge in [-0.3, -0.25) is 4.68 Å². The van der Waals surface area contributed by atoms with E-state index < -0.39 is 48.3 Å². The summed E-state index contributed by atoms with van der Waals surface area (Å²) in [5.41, 5.74) is 5.21. The Morgan fingerprint density at radius 1 is 1.24 bits per heavy atom. The van der Waals surface area contributed by atoms with E-state index in [0.717, 1.165) is 4.57 Å². The Kier molecular flexibility index (Phi) is 8.34. The molecular formula is C18H17F6N7O3. The predicted molar refractivity (Wildman–Crippen MR) is 105 cm³/mol. The first-order valence-electron chi connectivity index (χ1n) is 9.27. The molecule has 0 spiro atoms. The number of aliphatic carboxylic acids is 1. The summed E-state index contributed by atoms with van der Waals surface area (Å²) in [7, 11) is 0. The minimum absolute atomic E-state index is 0.119. The van der Waals surface area contributed by atoms with Crippen LogP contribution in [0.5, 0.6) is 0 Å². The smallest absolute Gasteiger partial charge is 0.475 e. The quantitative estimate of drug-likeness (QED) is 0.447. The number of aromatic nitrogens is 6. The number of carboxylic acids is 1. The van der Waals surface area contributed by atoms with Crippen LogP contribution in [0.4, 0.5) is 26.3 Å². The monoisotopic (exact) mass is 493 g/mol. The lowest BCUT2D eigenvalue weighted by Gasteiger charge is -2.08. The Hall–Kier alpha value is -3.95. The molecule has 3 heterocycles. The van der Waals surface area contributed by atoms with Crippen LogP contribution in [-0.4, -0.2) is 53.3 Å². The minimum Gasteiger partial charge on any atom is -0.475 e. The lowest BCUT2D eigenvalue weighted by atomic mass is 10.1. The van der Waals surface area contributed by atoms with Crippen LogP contribution in [0, 0.1) is 5.82 Å². The van der Waals surface area contributed by atoms with E-state index in [1.165, 1.54) is 12.3 Å². The molecule has 16 heteroatoms. The van der Waals surface area contributed by atoms with E-state index in [-0.39, 0.29) is 11.6 Å². The third-order valence-corrected chi connectivity index (χ3v) is 4.19. The number of rotatable bonds is 6. The Morgan fingerprint density at radius 2 is 1.88 bits per heavy atom. The Balaban J connectivity index is 0.000000509. The lowest BCUT2D eigenvalue weighted by molar-refractivity contribution is -0.192. The molecular weight excluding hydrogens is 476 g/mol. The molecule has 3 aromatic heterocycles. The van der Waals surface area contributed by atoms with Crippen molar-refractivity contribution in [3.8, 4) is 16.9 Å². The lowest BCUT2D eigenvalue weighted by Crippen LogP contribution is -2.21. The van der Waals surface area contributed by atoms with Crippen molar-refractivity contribution in [2.75, 3.05) is 6.54 Å². The molecule has 0 atom stereocenters. The van der Waals surface area contributed by atoms with E-state index in [9.17, 15) is 31.1 Å². The Labute approximate surface area is 186 Å². The van der Waals surface area contributed by atoms with Crippen molar-refractivity contribution in [2.45, 2.75) is 26.1 Å². The fourth-order valence-electron chi connectivity index (χ4n) is 2.51. The van der Waals surface area contributed by atoms with Crippen LogP contribution in [0.2, 0.25) is 0 Å². The van der Waals surface area contributed by atoms with Crippen LogP contribution < -0.4 is 11.4 Å². The molecule has 0 aromatic carbocycles. The van der Waals surface area contributed by atoms with E-state index in [2.05, 4.69) is 20.3 Å². The molecule has 3 rings (SSSR count). The molecule has 3 aromatic rings. The van der Waals surface area contributed by atoms with Gasteiger partial charge in [-0.15, -0.1) is 0 Å². The normalized spacial score (nSPS) is 11.1. The molecule has 184 valence electrons. The number of nitrogens with two attached hydrogens (primary N) is 1. The Bertz CT molecular complexity index is 1240. The summed E-state index contributed by atoms with van der Waals surface area (Å²) in [5.74, 6) is -4.02. The summed E-state index contributed by atoms with van der Waals surface area (Å²) in [6, 6.07) is 1.19. The highest BCUT2D eigenvalue weighted by Crippen LogP contribution is 2.22. The van der Waals surface area contributed by atoms with Gasteiger partial charge in [0.05, 0.1) is 6.20 Å². The highest BCUT2D eigenvalue weighted by atomic mass is 19.4. The number of H-pyrrole nitrogens is 1. The average molecular weight is 493 g/mol. The number of nitrogens with zero attached hydrogens (tertiary/aromatic N) is 5. The van der Waals surface area contributed by atoms with E-state index in [0.29, 0.717) is 17.7 Å². The third kappa shape index (κ3) is 6.31. The zero-order valence-corrected chi connectivity index (χ0v) is 17.3. The maximum absolute atomic E-state index is 14.6. The highest BCUT2D eigenvalue weighted by Gasteiger charge is 2.38. The van der Waals surface area contributed by atoms with Crippen molar-refractivity contribution in [1.29, 1.82) is 0 Å². The predicted octanol–water partition coefficient (Wildman–Crippen LogP) is 2.26. The van der Waals surface area contributed by atoms with Gasteiger partial charge in [-0.25, -0.2) is 28.6 Å². The first-order chi connectivity index (χ1) is 15.9. The molecule has 0 fully saturated rings. The number of aryl methyl sites for hydroxylation is 1. The first-order valence-corrected chi connectivity index (χ1v) is 9.27. The second-order valence-corrected chi connectivity index (χ2v) is 6.44. The van der Waals surface area contributed by atoms with Gasteiger partial charge in [-0.05, 0) is 13.0 Å².